The van der Waals surface area contributed by atoms with Crippen LogP contribution in [0.2, 0.25) is 0 Å². The van der Waals surface area contributed by atoms with Crippen molar-refractivity contribution in [2.45, 2.75) is 77.8 Å². The van der Waals surface area contributed by atoms with Crippen molar-refractivity contribution in [1.82, 2.24) is 0 Å². The summed E-state index contributed by atoms with van der Waals surface area (Å²) in [6, 6.07) is 30.2. The highest BCUT2D eigenvalue weighted by atomic mass is 15.0. The molecule has 1 unspecified atom stereocenters. The number of para-hydroxylation sites is 2. The molecule has 0 radical (unpaired) electrons. The van der Waals surface area contributed by atoms with Crippen LogP contribution in [-0.4, -0.2) is 11.1 Å². The molecule has 0 amide bonds. The van der Waals surface area contributed by atoms with Gasteiger partial charge >= 0.3 is 0 Å². The molecule has 2 heterocycles. The summed E-state index contributed by atoms with van der Waals surface area (Å²) in [6.07, 6.45) is 4.26. The number of anilines is 6. The molecule has 0 fully saturated rings. The highest BCUT2D eigenvalue weighted by Gasteiger charge is 2.42. The van der Waals surface area contributed by atoms with Gasteiger partial charge in [-0.05, 0) is 125 Å². The van der Waals surface area contributed by atoms with Crippen LogP contribution in [0.25, 0.3) is 5.57 Å². The van der Waals surface area contributed by atoms with E-state index < -0.39 is 0 Å². The summed E-state index contributed by atoms with van der Waals surface area (Å²) >= 11 is 0. The fourth-order valence-electron chi connectivity index (χ4n) is 7.47. The van der Waals surface area contributed by atoms with Crippen molar-refractivity contribution in [3.8, 4) is 0 Å². The van der Waals surface area contributed by atoms with Crippen LogP contribution >= 0.6 is 0 Å². The van der Waals surface area contributed by atoms with Gasteiger partial charge in [0.1, 0.15) is 0 Å². The van der Waals surface area contributed by atoms with Crippen LogP contribution in [0.15, 0.2) is 91.0 Å². The standard InChI is InChI=1S/C38H44N4/c1-25-22-36(3,4)42-34-20-27(33(21-30(25)34)40-29-16-12-9-13-17-29)23-38(7)24-37(5,6)41-32-19-18-31(26(2)35(32)38)39-28-14-10-8-11-15-28/h8-22,39-42H,23-24H2,1-7H3. The van der Waals surface area contributed by atoms with E-state index in [1.54, 1.807) is 0 Å². The third kappa shape index (κ3) is 5.51. The summed E-state index contributed by atoms with van der Waals surface area (Å²) in [6.45, 7) is 16.1. The molecule has 42 heavy (non-hydrogen) atoms. The van der Waals surface area contributed by atoms with Crippen molar-refractivity contribution < 1.29 is 0 Å². The molecule has 0 aliphatic carbocycles. The van der Waals surface area contributed by atoms with Gasteiger partial charge in [0.05, 0.1) is 5.54 Å². The number of allylic oxidation sites excluding steroid dienone is 1. The van der Waals surface area contributed by atoms with Crippen LogP contribution in [0.5, 0.6) is 0 Å². The maximum atomic E-state index is 3.87. The lowest BCUT2D eigenvalue weighted by Crippen LogP contribution is -2.46. The molecule has 0 saturated carbocycles. The van der Waals surface area contributed by atoms with Gasteiger partial charge in [0.15, 0.2) is 0 Å². The first kappa shape index (κ1) is 28.0. The summed E-state index contributed by atoms with van der Waals surface area (Å²) in [7, 11) is 0. The summed E-state index contributed by atoms with van der Waals surface area (Å²) in [4.78, 5) is 0. The predicted molar refractivity (Wildman–Crippen MR) is 182 cm³/mol. The normalized spacial score (nSPS) is 19.8. The van der Waals surface area contributed by atoms with Gasteiger partial charge in [-0.15, -0.1) is 0 Å². The SMILES string of the molecule is CC1=CC(C)(C)Nc2cc(CC3(C)CC(C)(C)Nc4ccc(Nc5ccccc5)c(C)c43)c(Nc3ccccc3)cc21. The van der Waals surface area contributed by atoms with E-state index >= 15 is 0 Å². The van der Waals surface area contributed by atoms with Gasteiger partial charge in [0.2, 0.25) is 0 Å². The van der Waals surface area contributed by atoms with Gasteiger partial charge in [-0.25, -0.2) is 0 Å². The van der Waals surface area contributed by atoms with E-state index in [4.69, 9.17) is 0 Å². The zero-order valence-corrected chi connectivity index (χ0v) is 26.1. The molecule has 4 aromatic carbocycles. The van der Waals surface area contributed by atoms with Gasteiger partial charge < -0.3 is 21.3 Å². The maximum Gasteiger partial charge on any atom is 0.0505 e. The molecular weight excluding hydrogens is 512 g/mol. The molecule has 2 aliphatic rings. The summed E-state index contributed by atoms with van der Waals surface area (Å²) in [5.41, 5.74) is 13.3. The smallest absolute Gasteiger partial charge is 0.0505 e. The molecule has 0 aromatic heterocycles. The van der Waals surface area contributed by atoms with Crippen molar-refractivity contribution in [3.63, 3.8) is 0 Å². The third-order valence-corrected chi connectivity index (χ3v) is 8.76. The molecule has 4 aromatic rings. The molecule has 4 N–H and O–H groups in total. The Labute approximate surface area is 251 Å². The van der Waals surface area contributed by atoms with Gasteiger partial charge in [-0.3, -0.25) is 0 Å². The Morgan fingerprint density at radius 2 is 1.31 bits per heavy atom. The van der Waals surface area contributed by atoms with Crippen LogP contribution in [-0.2, 0) is 11.8 Å². The molecule has 4 heteroatoms. The Bertz CT molecular complexity index is 1650. The van der Waals surface area contributed by atoms with E-state index in [9.17, 15) is 0 Å². The van der Waals surface area contributed by atoms with Gasteiger partial charge in [0.25, 0.3) is 0 Å². The highest BCUT2D eigenvalue weighted by molar-refractivity contribution is 5.85. The van der Waals surface area contributed by atoms with E-state index in [0.29, 0.717) is 0 Å². The Morgan fingerprint density at radius 3 is 1.95 bits per heavy atom. The van der Waals surface area contributed by atoms with Crippen molar-refractivity contribution in [3.05, 3.63) is 113 Å². The van der Waals surface area contributed by atoms with Gasteiger partial charge in [0, 0.05) is 50.6 Å². The van der Waals surface area contributed by atoms with Gasteiger partial charge in [-0.2, -0.15) is 0 Å². The summed E-state index contributed by atoms with van der Waals surface area (Å²) < 4.78 is 0. The maximum absolute atomic E-state index is 3.87. The fraction of sp³-hybridized carbons (Fsp3) is 0.316. The number of rotatable bonds is 6. The van der Waals surface area contributed by atoms with E-state index in [1.807, 2.05) is 0 Å². The van der Waals surface area contributed by atoms with E-state index in [2.05, 4.69) is 161 Å². The molecule has 2 aliphatic heterocycles. The average molecular weight is 557 g/mol. The van der Waals surface area contributed by atoms with Crippen molar-refractivity contribution >= 4 is 39.7 Å². The number of nitrogens with one attached hydrogen (secondary N) is 4. The topological polar surface area (TPSA) is 48.1 Å². The van der Waals surface area contributed by atoms with Crippen molar-refractivity contribution in [2.24, 2.45) is 0 Å². The molecule has 0 spiro atoms. The monoisotopic (exact) mass is 556 g/mol. The summed E-state index contributed by atoms with van der Waals surface area (Å²) in [5, 5.41) is 15.1. The lowest BCUT2D eigenvalue weighted by molar-refractivity contribution is 0.327. The number of hydrogen-bond donors (Lipinski definition) is 4. The minimum absolute atomic E-state index is 0.0383. The molecule has 0 saturated heterocycles. The second-order valence-corrected chi connectivity index (χ2v) is 13.8. The molecule has 1 atom stereocenters. The molecule has 216 valence electrons. The van der Waals surface area contributed by atoms with Crippen LogP contribution < -0.4 is 21.3 Å². The minimum Gasteiger partial charge on any atom is -0.380 e. The lowest BCUT2D eigenvalue weighted by atomic mass is 9.65. The Hall–Kier alpha value is -4.18. The average Bonchev–Trinajstić information content (AvgIpc) is 2.90. The van der Waals surface area contributed by atoms with E-state index in [-0.39, 0.29) is 16.5 Å². The van der Waals surface area contributed by atoms with E-state index in [1.165, 1.54) is 44.9 Å². The van der Waals surface area contributed by atoms with Crippen molar-refractivity contribution in [1.29, 1.82) is 0 Å². The zero-order valence-electron chi connectivity index (χ0n) is 26.1. The quantitative estimate of drug-likeness (QED) is 0.191. The number of benzene rings is 4. The predicted octanol–water partition coefficient (Wildman–Crippen LogP) is 10.2. The minimum atomic E-state index is -0.0982. The summed E-state index contributed by atoms with van der Waals surface area (Å²) in [5.74, 6) is 0. The molecule has 6 rings (SSSR count). The third-order valence-electron chi connectivity index (χ3n) is 8.76. The highest BCUT2D eigenvalue weighted by Crippen LogP contribution is 2.50. The largest absolute Gasteiger partial charge is 0.380 e. The first-order valence-corrected chi connectivity index (χ1v) is 15.1. The first-order chi connectivity index (χ1) is 19.9. The Balaban J connectivity index is 1.47. The second-order valence-electron chi connectivity index (χ2n) is 13.8. The van der Waals surface area contributed by atoms with E-state index in [0.717, 1.165) is 29.9 Å². The molecular formula is C38H44N4. The van der Waals surface area contributed by atoms with Crippen LogP contribution in [0.4, 0.5) is 34.1 Å². The zero-order chi connectivity index (χ0) is 29.7. The molecule has 0 bridgehead atoms. The first-order valence-electron chi connectivity index (χ1n) is 15.1. The van der Waals surface area contributed by atoms with Gasteiger partial charge in [-0.1, -0.05) is 49.4 Å². The lowest BCUT2D eigenvalue weighted by Gasteiger charge is -2.47. The van der Waals surface area contributed by atoms with Crippen LogP contribution in [0.1, 0.15) is 70.2 Å². The van der Waals surface area contributed by atoms with Crippen molar-refractivity contribution in [2.75, 3.05) is 21.3 Å². The Kier molecular flexibility index (Phi) is 6.84. The Morgan fingerprint density at radius 1 is 0.690 bits per heavy atom. The fourth-order valence-corrected chi connectivity index (χ4v) is 7.47. The molecule has 4 nitrogen and oxygen atoms in total. The van der Waals surface area contributed by atoms with Crippen LogP contribution in [0.3, 0.4) is 0 Å². The van der Waals surface area contributed by atoms with Crippen LogP contribution in [0, 0.1) is 6.92 Å². The number of hydrogen-bond acceptors (Lipinski definition) is 4. The number of fused-ring (bicyclic) bond motifs is 2. The second kappa shape index (κ2) is 10.3.